The van der Waals surface area contributed by atoms with Gasteiger partial charge in [-0.1, -0.05) is 71.5 Å². The lowest BCUT2D eigenvalue weighted by Gasteiger charge is -2.27. The van der Waals surface area contributed by atoms with Gasteiger partial charge < -0.3 is 25.3 Å². The molecule has 0 radical (unpaired) electrons. The van der Waals surface area contributed by atoms with Gasteiger partial charge in [-0.3, -0.25) is 19.2 Å². The van der Waals surface area contributed by atoms with Gasteiger partial charge in [-0.25, -0.2) is 0 Å². The first-order valence-corrected chi connectivity index (χ1v) is 20.6. The maximum atomic E-state index is 12.7. The second-order valence-electron chi connectivity index (χ2n) is 12.1. The Labute approximate surface area is 279 Å². The zero-order chi connectivity index (χ0) is 33.2. The number of hydrogen-bond donors (Lipinski definition) is 4. The van der Waals surface area contributed by atoms with Crippen LogP contribution in [0.5, 0.6) is 0 Å². The molecule has 0 heterocycles. The molecule has 0 aromatic carbocycles. The first-order chi connectivity index (χ1) is 18.8. The third-order valence-electron chi connectivity index (χ3n) is 5.82. The molecule has 0 rings (SSSR count). The zero-order valence-corrected chi connectivity index (χ0v) is 32.0. The van der Waals surface area contributed by atoms with Crippen LogP contribution in [0, 0.1) is 0 Å². The number of rotatable bonds is 17. The van der Waals surface area contributed by atoms with Crippen molar-refractivity contribution in [1.29, 1.82) is 0 Å². The monoisotopic (exact) mass is 718 g/mol. The van der Waals surface area contributed by atoms with Crippen molar-refractivity contribution >= 4 is 111 Å². The predicted octanol–water partition coefficient (Wildman–Crippen LogP) is 6.01. The van der Waals surface area contributed by atoms with Gasteiger partial charge in [-0.15, -0.1) is 0 Å². The second-order valence-corrected chi connectivity index (χ2v) is 25.3. The highest BCUT2D eigenvalue weighted by Crippen LogP contribution is 2.38. The summed E-state index contributed by atoms with van der Waals surface area (Å²) in [6, 6.07) is 0.847. The van der Waals surface area contributed by atoms with Crippen LogP contribution < -0.4 is 10.6 Å². The van der Waals surface area contributed by atoms with Crippen LogP contribution in [0.3, 0.4) is 0 Å². The molecule has 16 heteroatoms. The minimum Gasteiger partial charge on any atom is -0.480 e. The van der Waals surface area contributed by atoms with Crippen LogP contribution in [0.15, 0.2) is 0 Å². The molecular weight excluding hydrogens is 673 g/mol. The van der Waals surface area contributed by atoms with E-state index in [1.165, 1.54) is 23.5 Å². The van der Waals surface area contributed by atoms with Crippen molar-refractivity contribution in [3.63, 3.8) is 0 Å². The Hall–Kier alpha value is -0.363. The van der Waals surface area contributed by atoms with Crippen LogP contribution in [0.25, 0.3) is 0 Å². The molecule has 0 aliphatic carbocycles. The van der Waals surface area contributed by atoms with Gasteiger partial charge >= 0.3 is 11.9 Å². The molecular formula is C26H46N2O7S6Si. The molecule has 0 atom stereocenters. The van der Waals surface area contributed by atoms with Crippen molar-refractivity contribution in [1.82, 2.24) is 10.6 Å². The van der Waals surface area contributed by atoms with Gasteiger partial charge in [0.1, 0.15) is 16.6 Å². The van der Waals surface area contributed by atoms with E-state index < -0.39 is 39.2 Å². The largest absolute Gasteiger partial charge is 0.480 e. The van der Waals surface area contributed by atoms with E-state index in [0.29, 0.717) is 33.2 Å². The summed E-state index contributed by atoms with van der Waals surface area (Å²) >= 11 is 15.1. The number of thiocarbonyl (C=S) groups is 2. The van der Waals surface area contributed by atoms with E-state index >= 15 is 0 Å². The van der Waals surface area contributed by atoms with E-state index in [4.69, 9.17) is 28.9 Å². The van der Waals surface area contributed by atoms with E-state index in [2.05, 4.69) is 23.7 Å². The molecule has 4 N–H and O–H groups in total. The zero-order valence-electron chi connectivity index (χ0n) is 26.1. The Kier molecular flexibility index (Phi) is 17.2. The van der Waals surface area contributed by atoms with E-state index in [0.717, 1.165) is 36.0 Å². The molecule has 0 saturated carbocycles. The fourth-order valence-electron chi connectivity index (χ4n) is 2.89. The summed E-state index contributed by atoms with van der Waals surface area (Å²) in [5.74, 6) is -2.27. The third kappa shape index (κ3) is 16.1. The topological polar surface area (TPSA) is 142 Å². The summed E-state index contributed by atoms with van der Waals surface area (Å²) in [5, 5.41) is 24.4. The van der Waals surface area contributed by atoms with Gasteiger partial charge in [-0.05, 0) is 87.4 Å². The number of nitrogens with one attached hydrogen (secondary N) is 2. The van der Waals surface area contributed by atoms with Gasteiger partial charge in [-0.2, -0.15) is 0 Å². The van der Waals surface area contributed by atoms with Gasteiger partial charge in [0.05, 0.1) is 9.49 Å². The lowest BCUT2D eigenvalue weighted by Crippen LogP contribution is -2.42. The minimum absolute atomic E-state index is 0.161. The summed E-state index contributed by atoms with van der Waals surface area (Å²) in [5.41, 5.74) is 0. The van der Waals surface area contributed by atoms with E-state index in [9.17, 15) is 29.4 Å². The average Bonchev–Trinajstić information content (AvgIpc) is 2.79. The van der Waals surface area contributed by atoms with Crippen molar-refractivity contribution in [2.45, 2.75) is 106 Å². The second kappa shape index (κ2) is 17.4. The normalized spacial score (nSPS) is 12.9. The molecule has 9 nitrogen and oxygen atoms in total. The molecule has 0 saturated heterocycles. The van der Waals surface area contributed by atoms with Crippen molar-refractivity contribution < 1.29 is 33.8 Å². The van der Waals surface area contributed by atoms with Crippen molar-refractivity contribution in [2.24, 2.45) is 0 Å². The molecule has 0 aliphatic rings. The highest BCUT2D eigenvalue weighted by atomic mass is 32.2. The number of aliphatic carboxylic acids is 2. The van der Waals surface area contributed by atoms with Crippen molar-refractivity contribution in [3.05, 3.63) is 0 Å². The SMILES string of the molecule is CC(C)(SC(=S)SC(C)(C)C(=O)NCCCO[Si](C)(C)CCCNC(=O)C(C)(C)SC(=S)SC(C)(C)C(=O)O)C(=O)O. The molecule has 0 aliphatic heterocycles. The standard InChI is InChI=1S/C26H46N2O7S6Si/c1-23(2,38-21(36)40-25(5,6)19(31)32)17(29)27-13-11-15-35-42(9,10)16-12-14-28-18(30)24(3,4)39-22(37)41-26(7,8)20(33)34/h11-16H2,1-10H3,(H,27,29)(H,28,30)(H,31,32)(H,33,34). The van der Waals surface area contributed by atoms with Crippen LogP contribution in [-0.4, -0.2) is 88.0 Å². The molecule has 0 aromatic heterocycles. The van der Waals surface area contributed by atoms with Gasteiger partial charge in [0.15, 0.2) is 8.32 Å². The molecule has 0 fully saturated rings. The third-order valence-corrected chi connectivity index (χ3v) is 13.8. The van der Waals surface area contributed by atoms with Gasteiger partial charge in [0.2, 0.25) is 11.8 Å². The van der Waals surface area contributed by atoms with E-state index in [-0.39, 0.29) is 11.8 Å². The molecule has 42 heavy (non-hydrogen) atoms. The molecule has 0 aromatic rings. The summed E-state index contributed by atoms with van der Waals surface area (Å²) in [7, 11) is -1.97. The molecule has 2 amide bonds. The Bertz CT molecular complexity index is 1020. The first kappa shape index (κ1) is 41.6. The fraction of sp³-hybridized carbons (Fsp3) is 0.769. The fourth-order valence-corrected chi connectivity index (χ4v) is 12.3. The summed E-state index contributed by atoms with van der Waals surface area (Å²) in [6.07, 6.45) is 1.41. The quantitative estimate of drug-likeness (QED) is 0.0794. The molecule has 0 spiro atoms. The molecule has 0 unspecified atom stereocenters. The van der Waals surface area contributed by atoms with Crippen molar-refractivity contribution in [3.8, 4) is 0 Å². The number of carbonyl (C=O) groups is 4. The smallest absolute Gasteiger partial charge is 0.319 e. The highest BCUT2D eigenvalue weighted by Gasteiger charge is 2.36. The number of amides is 2. The van der Waals surface area contributed by atoms with Crippen LogP contribution in [-0.2, 0) is 23.6 Å². The van der Waals surface area contributed by atoms with Crippen molar-refractivity contribution in [2.75, 3.05) is 19.7 Å². The molecule has 242 valence electrons. The van der Waals surface area contributed by atoms with Crippen LogP contribution in [0.1, 0.15) is 68.2 Å². The predicted molar refractivity (Wildman–Crippen MR) is 191 cm³/mol. The van der Waals surface area contributed by atoms with Gasteiger partial charge in [0.25, 0.3) is 0 Å². The van der Waals surface area contributed by atoms with Crippen LogP contribution >= 0.6 is 71.5 Å². The summed E-state index contributed by atoms with van der Waals surface area (Å²) < 4.78 is 3.15. The Morgan fingerprint density at radius 3 is 1.36 bits per heavy atom. The average molecular weight is 719 g/mol. The Morgan fingerprint density at radius 2 is 1.00 bits per heavy atom. The molecule has 0 bridgehead atoms. The number of thioether (sulfide) groups is 4. The van der Waals surface area contributed by atoms with E-state index in [1.807, 2.05) is 0 Å². The number of carbonyl (C=O) groups excluding carboxylic acids is 2. The van der Waals surface area contributed by atoms with Crippen LogP contribution in [0.2, 0.25) is 19.1 Å². The van der Waals surface area contributed by atoms with Crippen LogP contribution in [0.4, 0.5) is 0 Å². The highest BCUT2D eigenvalue weighted by molar-refractivity contribution is 8.48. The lowest BCUT2D eigenvalue weighted by molar-refractivity contribution is -0.139. The Morgan fingerprint density at radius 1 is 0.667 bits per heavy atom. The maximum absolute atomic E-state index is 12.7. The summed E-state index contributed by atoms with van der Waals surface area (Å²) in [4.78, 5) is 48.1. The van der Waals surface area contributed by atoms with Gasteiger partial charge in [0, 0.05) is 19.7 Å². The minimum atomic E-state index is -1.97. The summed E-state index contributed by atoms with van der Waals surface area (Å²) in [6.45, 7) is 19.0. The first-order valence-electron chi connectivity index (χ1n) is 13.4. The number of carboxylic acids is 2. The number of carboxylic acid groups (broad SMARTS) is 2. The lowest BCUT2D eigenvalue weighted by atomic mass is 10.2. The van der Waals surface area contributed by atoms with E-state index in [1.54, 1.807) is 55.4 Å². The Balaban J connectivity index is 4.43. The maximum Gasteiger partial charge on any atom is 0.319 e. The number of hydrogen-bond acceptors (Lipinski definition) is 11.